The predicted octanol–water partition coefficient (Wildman–Crippen LogP) is 1.01. The molecule has 2 heteroatoms. The van der Waals surface area contributed by atoms with Gasteiger partial charge < -0.3 is 10.5 Å². The molecular formula is C7H17NO. The Kier molecular flexibility index (Phi) is 3.82. The monoisotopic (exact) mass is 131 g/mol. The first-order chi connectivity index (χ1) is 4.12. The molecule has 0 atom stereocenters. The maximum atomic E-state index is 5.49. The predicted molar refractivity (Wildman–Crippen MR) is 39.3 cm³/mol. The van der Waals surface area contributed by atoms with Crippen molar-refractivity contribution >= 4 is 0 Å². The Morgan fingerprint density at radius 1 is 1.44 bits per heavy atom. The summed E-state index contributed by atoms with van der Waals surface area (Å²) in [5, 5.41) is 0. The molecule has 2 N–H and O–H groups in total. The molecule has 0 aliphatic rings. The number of nitrogens with two attached hydrogens (primary N) is 1. The Hall–Kier alpha value is -0.0800. The van der Waals surface area contributed by atoms with Crippen LogP contribution < -0.4 is 5.73 Å². The van der Waals surface area contributed by atoms with Crippen LogP contribution in [0.2, 0.25) is 0 Å². The van der Waals surface area contributed by atoms with Crippen molar-refractivity contribution in [2.24, 2.45) is 11.1 Å². The summed E-state index contributed by atoms with van der Waals surface area (Å²) in [4.78, 5) is 0. The molecule has 0 amide bonds. The van der Waals surface area contributed by atoms with E-state index in [1.807, 2.05) is 0 Å². The van der Waals surface area contributed by atoms with Gasteiger partial charge >= 0.3 is 0 Å². The first-order valence-electron chi connectivity index (χ1n) is 3.31. The van der Waals surface area contributed by atoms with Crippen LogP contribution in [0.4, 0.5) is 0 Å². The molecule has 0 aliphatic heterocycles. The number of methoxy groups -OCH3 is 1. The maximum absolute atomic E-state index is 5.49. The highest BCUT2D eigenvalue weighted by atomic mass is 16.5. The third kappa shape index (κ3) is 4.43. The lowest BCUT2D eigenvalue weighted by atomic mass is 9.90. The number of rotatable bonds is 4. The summed E-state index contributed by atoms with van der Waals surface area (Å²) in [7, 11) is 1.71. The topological polar surface area (TPSA) is 35.2 Å². The van der Waals surface area contributed by atoms with Gasteiger partial charge in [0.2, 0.25) is 0 Å². The van der Waals surface area contributed by atoms with Crippen LogP contribution in [0.1, 0.15) is 20.3 Å². The first kappa shape index (κ1) is 8.92. The van der Waals surface area contributed by atoms with Gasteiger partial charge in [0.25, 0.3) is 0 Å². The maximum Gasteiger partial charge on any atom is 0.0467 e. The summed E-state index contributed by atoms with van der Waals surface area (Å²) in [6.45, 7) is 5.83. The van der Waals surface area contributed by atoms with Gasteiger partial charge in [0, 0.05) is 13.7 Å². The van der Waals surface area contributed by atoms with Crippen molar-refractivity contribution in [2.75, 3.05) is 20.3 Å². The molecular weight excluding hydrogens is 114 g/mol. The zero-order valence-electron chi connectivity index (χ0n) is 6.61. The van der Waals surface area contributed by atoms with Crippen LogP contribution >= 0.6 is 0 Å². The minimum Gasteiger partial charge on any atom is -0.385 e. The lowest BCUT2D eigenvalue weighted by Crippen LogP contribution is -2.24. The second kappa shape index (κ2) is 3.85. The molecule has 0 unspecified atom stereocenters. The third-order valence-electron chi connectivity index (χ3n) is 1.54. The second-order valence-electron chi connectivity index (χ2n) is 3.11. The van der Waals surface area contributed by atoms with Crippen LogP contribution in [0.5, 0.6) is 0 Å². The average Bonchev–Trinajstić information content (AvgIpc) is 1.84. The summed E-state index contributed by atoms with van der Waals surface area (Å²) >= 11 is 0. The standard InChI is InChI=1S/C7H17NO/c1-7(2,6-8)4-5-9-3/h4-6,8H2,1-3H3. The second-order valence-corrected chi connectivity index (χ2v) is 3.11. The van der Waals surface area contributed by atoms with Crippen molar-refractivity contribution in [3.63, 3.8) is 0 Å². The van der Waals surface area contributed by atoms with E-state index in [2.05, 4.69) is 13.8 Å². The number of ether oxygens (including phenoxy) is 1. The lowest BCUT2D eigenvalue weighted by molar-refractivity contribution is 0.155. The van der Waals surface area contributed by atoms with Gasteiger partial charge in [-0.1, -0.05) is 13.8 Å². The fourth-order valence-electron chi connectivity index (χ4n) is 0.480. The minimum atomic E-state index is 0.246. The van der Waals surface area contributed by atoms with E-state index >= 15 is 0 Å². The highest BCUT2D eigenvalue weighted by Crippen LogP contribution is 2.16. The van der Waals surface area contributed by atoms with Crippen molar-refractivity contribution in [1.82, 2.24) is 0 Å². The van der Waals surface area contributed by atoms with E-state index < -0.39 is 0 Å². The summed E-state index contributed by atoms with van der Waals surface area (Å²) in [5.74, 6) is 0. The summed E-state index contributed by atoms with van der Waals surface area (Å²) in [6.07, 6.45) is 1.04. The summed E-state index contributed by atoms with van der Waals surface area (Å²) < 4.78 is 4.92. The van der Waals surface area contributed by atoms with Crippen LogP contribution in [0, 0.1) is 5.41 Å². The van der Waals surface area contributed by atoms with Gasteiger partial charge in [-0.2, -0.15) is 0 Å². The van der Waals surface area contributed by atoms with Gasteiger partial charge in [-0.3, -0.25) is 0 Å². The molecule has 0 fully saturated rings. The van der Waals surface area contributed by atoms with Crippen molar-refractivity contribution in [3.8, 4) is 0 Å². The molecule has 0 saturated carbocycles. The molecule has 0 aromatic carbocycles. The van der Waals surface area contributed by atoms with E-state index in [1.54, 1.807) is 7.11 Å². The van der Waals surface area contributed by atoms with E-state index in [1.165, 1.54) is 0 Å². The van der Waals surface area contributed by atoms with Crippen LogP contribution in [0.25, 0.3) is 0 Å². The van der Waals surface area contributed by atoms with Gasteiger partial charge in [0.15, 0.2) is 0 Å². The molecule has 0 saturated heterocycles. The molecule has 0 bridgehead atoms. The number of hydrogen-bond acceptors (Lipinski definition) is 2. The fourth-order valence-corrected chi connectivity index (χ4v) is 0.480. The Morgan fingerprint density at radius 2 is 2.00 bits per heavy atom. The molecule has 0 aromatic rings. The third-order valence-corrected chi connectivity index (χ3v) is 1.54. The smallest absolute Gasteiger partial charge is 0.0467 e. The molecule has 0 aliphatic carbocycles. The van der Waals surface area contributed by atoms with Crippen molar-refractivity contribution in [1.29, 1.82) is 0 Å². The Bertz CT molecular complexity index is 71.3. The van der Waals surface area contributed by atoms with E-state index in [0.29, 0.717) is 0 Å². The van der Waals surface area contributed by atoms with Gasteiger partial charge in [-0.15, -0.1) is 0 Å². The van der Waals surface area contributed by atoms with Crippen LogP contribution in [0.3, 0.4) is 0 Å². The Morgan fingerprint density at radius 3 is 2.33 bits per heavy atom. The lowest BCUT2D eigenvalue weighted by Gasteiger charge is -2.20. The van der Waals surface area contributed by atoms with Crippen LogP contribution in [-0.2, 0) is 4.74 Å². The molecule has 0 aromatic heterocycles. The zero-order valence-corrected chi connectivity index (χ0v) is 6.61. The average molecular weight is 131 g/mol. The van der Waals surface area contributed by atoms with Crippen LogP contribution in [-0.4, -0.2) is 20.3 Å². The normalized spacial score (nSPS) is 12.0. The summed E-state index contributed by atoms with van der Waals surface area (Å²) in [6, 6.07) is 0. The molecule has 0 spiro atoms. The quantitative estimate of drug-likeness (QED) is 0.618. The fraction of sp³-hybridized carbons (Fsp3) is 1.00. The molecule has 0 rings (SSSR count). The SMILES string of the molecule is COCCC(C)(C)CN. The van der Waals surface area contributed by atoms with Gasteiger partial charge in [0.05, 0.1) is 0 Å². The van der Waals surface area contributed by atoms with Crippen molar-refractivity contribution < 1.29 is 4.74 Å². The van der Waals surface area contributed by atoms with E-state index in [-0.39, 0.29) is 5.41 Å². The van der Waals surface area contributed by atoms with Gasteiger partial charge in [-0.25, -0.2) is 0 Å². The molecule has 56 valence electrons. The Labute approximate surface area is 57.4 Å². The Balaban J connectivity index is 3.33. The summed E-state index contributed by atoms with van der Waals surface area (Å²) in [5.41, 5.74) is 5.74. The van der Waals surface area contributed by atoms with E-state index in [9.17, 15) is 0 Å². The largest absolute Gasteiger partial charge is 0.385 e. The van der Waals surface area contributed by atoms with E-state index in [0.717, 1.165) is 19.6 Å². The highest BCUT2D eigenvalue weighted by molar-refractivity contribution is 4.67. The van der Waals surface area contributed by atoms with Crippen molar-refractivity contribution in [3.05, 3.63) is 0 Å². The van der Waals surface area contributed by atoms with Gasteiger partial charge in [0.1, 0.15) is 0 Å². The minimum absolute atomic E-state index is 0.246. The first-order valence-corrected chi connectivity index (χ1v) is 3.31. The highest BCUT2D eigenvalue weighted by Gasteiger charge is 2.13. The molecule has 9 heavy (non-hydrogen) atoms. The van der Waals surface area contributed by atoms with Crippen LogP contribution in [0.15, 0.2) is 0 Å². The molecule has 0 radical (unpaired) electrons. The van der Waals surface area contributed by atoms with Gasteiger partial charge in [-0.05, 0) is 18.4 Å². The molecule has 0 heterocycles. The zero-order chi connectivity index (χ0) is 7.33. The number of hydrogen-bond donors (Lipinski definition) is 1. The van der Waals surface area contributed by atoms with Crippen molar-refractivity contribution in [2.45, 2.75) is 20.3 Å². The molecule has 2 nitrogen and oxygen atoms in total. The van der Waals surface area contributed by atoms with E-state index in [4.69, 9.17) is 10.5 Å².